The van der Waals surface area contributed by atoms with Crippen molar-refractivity contribution in [1.29, 1.82) is 0 Å². The van der Waals surface area contributed by atoms with Crippen LogP contribution in [0.5, 0.6) is 0 Å². The Hall–Kier alpha value is -0.560. The van der Waals surface area contributed by atoms with E-state index in [0.717, 1.165) is 12.8 Å². The lowest BCUT2D eigenvalue weighted by Gasteiger charge is -2.04. The van der Waals surface area contributed by atoms with Crippen LogP contribution in [0.3, 0.4) is 0 Å². The molecule has 1 aromatic rings. The van der Waals surface area contributed by atoms with Gasteiger partial charge in [0.05, 0.1) is 0 Å². The van der Waals surface area contributed by atoms with Crippen molar-refractivity contribution in [3.8, 4) is 0 Å². The summed E-state index contributed by atoms with van der Waals surface area (Å²) in [7, 11) is -3.44. The molecule has 0 radical (unpaired) electrons. The third kappa shape index (κ3) is 4.67. The maximum atomic E-state index is 11.8. The Kier molecular flexibility index (Phi) is 6.77. The van der Waals surface area contributed by atoms with Gasteiger partial charge in [0.2, 0.25) is 10.0 Å². The van der Waals surface area contributed by atoms with Crippen molar-refractivity contribution in [3.05, 3.63) is 17.6 Å². The van der Waals surface area contributed by atoms with E-state index in [4.69, 9.17) is 10.2 Å². The number of nitrogens with two attached hydrogens (primary N) is 1. The second-order valence-electron chi connectivity index (χ2n) is 3.67. The summed E-state index contributed by atoms with van der Waals surface area (Å²) in [4.78, 5) is 0.220. The van der Waals surface area contributed by atoms with Gasteiger partial charge in [-0.1, -0.05) is 0 Å². The van der Waals surface area contributed by atoms with Crippen LogP contribution in [0, 0.1) is 13.8 Å². The topological polar surface area (TPSA) is 85.3 Å². The lowest BCUT2D eigenvalue weighted by atomic mass is 10.3. The summed E-state index contributed by atoms with van der Waals surface area (Å²) in [5.74, 6) is 1.02. The molecule has 0 atom stereocenters. The summed E-state index contributed by atoms with van der Waals surface area (Å²) in [5, 5.41) is 0. The molecule has 0 unspecified atom stereocenters. The molecule has 0 saturated heterocycles. The lowest BCUT2D eigenvalue weighted by molar-refractivity contribution is 0.495. The Morgan fingerprint density at radius 1 is 1.35 bits per heavy atom. The lowest BCUT2D eigenvalue weighted by Crippen LogP contribution is -2.25. The number of halogens is 1. The third-order valence-electron chi connectivity index (χ3n) is 2.21. The van der Waals surface area contributed by atoms with E-state index < -0.39 is 10.0 Å². The number of hydrogen-bond donors (Lipinski definition) is 2. The van der Waals surface area contributed by atoms with E-state index in [1.54, 1.807) is 13.8 Å². The van der Waals surface area contributed by atoms with Gasteiger partial charge in [-0.15, -0.1) is 12.4 Å². The molecular formula is C10H19ClN2O3S. The smallest absolute Gasteiger partial charge is 0.244 e. The Bertz CT molecular complexity index is 442. The number of furan rings is 1. The van der Waals surface area contributed by atoms with Crippen LogP contribution in [-0.4, -0.2) is 21.5 Å². The Balaban J connectivity index is 0.00000256. The van der Waals surface area contributed by atoms with Crippen LogP contribution in [-0.2, 0) is 10.0 Å². The molecule has 0 spiro atoms. The van der Waals surface area contributed by atoms with Gasteiger partial charge in [-0.05, 0) is 39.3 Å². The number of aryl methyl sites for hydroxylation is 2. The van der Waals surface area contributed by atoms with E-state index in [1.807, 2.05) is 0 Å². The normalized spacial score (nSPS) is 11.2. The van der Waals surface area contributed by atoms with Crippen LogP contribution in [0.2, 0.25) is 0 Å². The van der Waals surface area contributed by atoms with Gasteiger partial charge in [-0.3, -0.25) is 0 Å². The van der Waals surface area contributed by atoms with E-state index >= 15 is 0 Å². The van der Waals surface area contributed by atoms with Crippen molar-refractivity contribution in [1.82, 2.24) is 4.72 Å². The first-order valence-electron chi connectivity index (χ1n) is 5.24. The Morgan fingerprint density at radius 2 is 2.00 bits per heavy atom. The monoisotopic (exact) mass is 282 g/mol. The fraction of sp³-hybridized carbons (Fsp3) is 0.600. The molecule has 1 aromatic heterocycles. The van der Waals surface area contributed by atoms with Gasteiger partial charge in [-0.25, -0.2) is 13.1 Å². The SMILES string of the molecule is Cc1cc(S(=O)(=O)NCCCCN)c(C)o1.Cl. The van der Waals surface area contributed by atoms with Gasteiger partial charge in [0, 0.05) is 6.54 Å². The minimum absolute atomic E-state index is 0. The van der Waals surface area contributed by atoms with Gasteiger partial charge in [0.25, 0.3) is 0 Å². The zero-order valence-corrected chi connectivity index (χ0v) is 11.7. The Labute approximate surface area is 108 Å². The van der Waals surface area contributed by atoms with Gasteiger partial charge >= 0.3 is 0 Å². The molecule has 1 heterocycles. The quantitative estimate of drug-likeness (QED) is 0.771. The van der Waals surface area contributed by atoms with Gasteiger partial charge < -0.3 is 10.2 Å². The molecule has 0 fully saturated rings. The zero-order chi connectivity index (χ0) is 12.2. The van der Waals surface area contributed by atoms with Crippen molar-refractivity contribution < 1.29 is 12.8 Å². The molecule has 0 aliphatic carbocycles. The molecule has 100 valence electrons. The van der Waals surface area contributed by atoms with Crippen LogP contribution in [0.25, 0.3) is 0 Å². The largest absolute Gasteiger partial charge is 0.465 e. The molecule has 0 aromatic carbocycles. The second kappa shape index (κ2) is 7.00. The molecule has 0 aliphatic heterocycles. The first-order chi connectivity index (χ1) is 7.47. The van der Waals surface area contributed by atoms with Crippen LogP contribution in [0.15, 0.2) is 15.4 Å². The second-order valence-corrected chi connectivity index (χ2v) is 5.41. The van der Waals surface area contributed by atoms with Crippen LogP contribution in [0.1, 0.15) is 24.4 Å². The van der Waals surface area contributed by atoms with E-state index in [-0.39, 0.29) is 17.3 Å². The van der Waals surface area contributed by atoms with Gasteiger partial charge in [-0.2, -0.15) is 0 Å². The molecule has 7 heteroatoms. The van der Waals surface area contributed by atoms with E-state index in [9.17, 15) is 8.42 Å². The number of unbranched alkanes of at least 4 members (excludes halogenated alkanes) is 1. The molecule has 3 N–H and O–H groups in total. The van der Waals surface area contributed by atoms with Crippen molar-refractivity contribution in [2.24, 2.45) is 5.73 Å². The van der Waals surface area contributed by atoms with Crippen molar-refractivity contribution >= 4 is 22.4 Å². The van der Waals surface area contributed by atoms with E-state index in [0.29, 0.717) is 24.6 Å². The summed E-state index contributed by atoms with van der Waals surface area (Å²) in [6, 6.07) is 1.53. The van der Waals surface area contributed by atoms with Gasteiger partial charge in [0.15, 0.2) is 0 Å². The van der Waals surface area contributed by atoms with E-state index in [2.05, 4.69) is 4.72 Å². The molecular weight excluding hydrogens is 264 g/mol. The molecule has 0 aliphatic rings. The first kappa shape index (κ1) is 16.4. The Morgan fingerprint density at radius 3 is 2.47 bits per heavy atom. The highest BCUT2D eigenvalue weighted by Gasteiger charge is 2.19. The number of hydrogen-bond acceptors (Lipinski definition) is 4. The molecule has 0 saturated carbocycles. The predicted molar refractivity (Wildman–Crippen MR) is 68.9 cm³/mol. The number of rotatable bonds is 6. The minimum atomic E-state index is -3.44. The highest BCUT2D eigenvalue weighted by atomic mass is 35.5. The fourth-order valence-electron chi connectivity index (χ4n) is 1.43. The highest BCUT2D eigenvalue weighted by Crippen LogP contribution is 2.18. The standard InChI is InChI=1S/C10H18N2O3S.ClH/c1-8-7-10(9(2)15-8)16(13,14)12-6-4-3-5-11;/h7,12H,3-6,11H2,1-2H3;1H. The molecule has 0 amide bonds. The van der Waals surface area contributed by atoms with Crippen LogP contribution in [0.4, 0.5) is 0 Å². The molecule has 5 nitrogen and oxygen atoms in total. The third-order valence-corrected chi connectivity index (χ3v) is 3.78. The predicted octanol–water partition coefficient (Wildman–Crippen LogP) is 1.34. The first-order valence-corrected chi connectivity index (χ1v) is 6.72. The number of sulfonamides is 1. The summed E-state index contributed by atoms with van der Waals surface area (Å²) in [5.41, 5.74) is 5.32. The molecule has 0 bridgehead atoms. The maximum Gasteiger partial charge on any atom is 0.244 e. The van der Waals surface area contributed by atoms with E-state index in [1.165, 1.54) is 6.07 Å². The molecule has 1 rings (SSSR count). The van der Waals surface area contributed by atoms with Crippen molar-refractivity contribution in [2.45, 2.75) is 31.6 Å². The molecule has 17 heavy (non-hydrogen) atoms. The average Bonchev–Trinajstić information content (AvgIpc) is 2.53. The van der Waals surface area contributed by atoms with Gasteiger partial charge in [0.1, 0.15) is 16.4 Å². The average molecular weight is 283 g/mol. The summed E-state index contributed by atoms with van der Waals surface area (Å²) >= 11 is 0. The number of nitrogens with one attached hydrogen (secondary N) is 1. The minimum Gasteiger partial charge on any atom is -0.465 e. The van der Waals surface area contributed by atoms with Crippen LogP contribution < -0.4 is 10.5 Å². The van der Waals surface area contributed by atoms with Crippen molar-refractivity contribution in [2.75, 3.05) is 13.1 Å². The summed E-state index contributed by atoms with van der Waals surface area (Å²) in [6.07, 6.45) is 1.55. The summed E-state index contributed by atoms with van der Waals surface area (Å²) < 4.78 is 31.4. The highest BCUT2D eigenvalue weighted by molar-refractivity contribution is 7.89. The van der Waals surface area contributed by atoms with Crippen LogP contribution >= 0.6 is 12.4 Å². The fourth-order valence-corrected chi connectivity index (χ4v) is 2.74. The maximum absolute atomic E-state index is 11.8. The zero-order valence-electron chi connectivity index (χ0n) is 10.0. The van der Waals surface area contributed by atoms with Crippen molar-refractivity contribution in [3.63, 3.8) is 0 Å². The summed E-state index contributed by atoms with van der Waals surface area (Å²) in [6.45, 7) is 4.34.